The number of piperidine rings is 1. The highest BCUT2D eigenvalue weighted by atomic mass is 35.5. The first kappa shape index (κ1) is 20.0. The average Bonchev–Trinajstić information content (AvgIpc) is 2.55. The Hall–Kier alpha value is -1.02. The first-order chi connectivity index (χ1) is 10.6. The van der Waals surface area contributed by atoms with Crippen LogP contribution in [0, 0.1) is 5.92 Å². The van der Waals surface area contributed by atoms with E-state index in [1.165, 1.54) is 26.4 Å². The van der Waals surface area contributed by atoms with Crippen LogP contribution in [0.25, 0.3) is 0 Å². The van der Waals surface area contributed by atoms with Crippen molar-refractivity contribution < 1.29 is 17.9 Å². The molecule has 132 valence electrons. The van der Waals surface area contributed by atoms with Crippen molar-refractivity contribution >= 4 is 22.4 Å². The van der Waals surface area contributed by atoms with Crippen LogP contribution in [0.4, 0.5) is 0 Å². The molecular formula is C15H25ClN2O4S. The Bertz CT molecular complexity index is 589. The number of halogens is 1. The van der Waals surface area contributed by atoms with Crippen molar-refractivity contribution in [1.82, 2.24) is 10.0 Å². The molecule has 8 heteroatoms. The molecule has 0 amide bonds. The van der Waals surface area contributed by atoms with Gasteiger partial charge in [0.25, 0.3) is 0 Å². The summed E-state index contributed by atoms with van der Waals surface area (Å²) in [7, 11) is -0.524. The molecule has 1 aromatic rings. The van der Waals surface area contributed by atoms with Crippen molar-refractivity contribution in [3.8, 4) is 11.5 Å². The predicted octanol–water partition coefficient (Wildman–Crippen LogP) is 1.79. The maximum atomic E-state index is 12.3. The van der Waals surface area contributed by atoms with E-state index in [4.69, 9.17) is 9.47 Å². The zero-order valence-corrected chi connectivity index (χ0v) is 15.1. The smallest absolute Gasteiger partial charge is 0.240 e. The number of sulfonamides is 1. The zero-order valence-electron chi connectivity index (χ0n) is 13.5. The van der Waals surface area contributed by atoms with E-state index in [0.717, 1.165) is 32.4 Å². The third-order valence-electron chi connectivity index (χ3n) is 3.91. The number of rotatable bonds is 7. The topological polar surface area (TPSA) is 76.7 Å². The van der Waals surface area contributed by atoms with Crippen LogP contribution in [-0.4, -0.2) is 42.3 Å². The summed E-state index contributed by atoms with van der Waals surface area (Å²) in [4.78, 5) is 0.187. The van der Waals surface area contributed by atoms with Gasteiger partial charge >= 0.3 is 0 Å². The van der Waals surface area contributed by atoms with Crippen molar-refractivity contribution in [2.75, 3.05) is 33.9 Å². The number of hydrogen-bond acceptors (Lipinski definition) is 5. The van der Waals surface area contributed by atoms with Crippen molar-refractivity contribution in [3.63, 3.8) is 0 Å². The predicted molar refractivity (Wildman–Crippen MR) is 92.2 cm³/mol. The number of ether oxygens (including phenoxy) is 2. The third kappa shape index (κ3) is 5.53. The Balaban J connectivity index is 0.00000264. The molecule has 0 saturated carbocycles. The highest BCUT2D eigenvalue weighted by Gasteiger charge is 2.18. The third-order valence-corrected chi connectivity index (χ3v) is 5.37. The molecule has 6 nitrogen and oxygen atoms in total. The molecule has 1 aliphatic rings. The molecule has 0 radical (unpaired) electrons. The van der Waals surface area contributed by atoms with E-state index in [9.17, 15) is 8.42 Å². The molecule has 1 fully saturated rings. The average molecular weight is 365 g/mol. The molecule has 1 atom stereocenters. The van der Waals surface area contributed by atoms with Crippen LogP contribution in [0.3, 0.4) is 0 Å². The molecule has 1 saturated heterocycles. The fraction of sp³-hybridized carbons (Fsp3) is 0.600. The Morgan fingerprint density at radius 3 is 2.61 bits per heavy atom. The first-order valence-corrected chi connectivity index (χ1v) is 8.97. The second kappa shape index (κ2) is 9.32. The number of methoxy groups -OCH3 is 2. The van der Waals surface area contributed by atoms with E-state index in [1.807, 2.05) is 0 Å². The standard InChI is InChI=1S/C15H24N2O4S.ClH/c1-20-14-6-5-13(10-15(14)21-2)22(18,19)17-9-7-12-4-3-8-16-11-12;/h5-6,10,12,16-17H,3-4,7-9,11H2,1-2H3;1H. The molecule has 0 aliphatic carbocycles. The highest BCUT2D eigenvalue weighted by molar-refractivity contribution is 7.89. The summed E-state index contributed by atoms with van der Waals surface area (Å²) in [5.74, 6) is 1.46. The van der Waals surface area contributed by atoms with E-state index in [2.05, 4.69) is 10.0 Å². The minimum atomic E-state index is -3.52. The lowest BCUT2D eigenvalue weighted by Crippen LogP contribution is -2.33. The summed E-state index contributed by atoms with van der Waals surface area (Å²) >= 11 is 0. The van der Waals surface area contributed by atoms with Gasteiger partial charge in [0.2, 0.25) is 10.0 Å². The molecular weight excluding hydrogens is 340 g/mol. The van der Waals surface area contributed by atoms with Gasteiger partial charge in [0.1, 0.15) is 0 Å². The van der Waals surface area contributed by atoms with E-state index in [0.29, 0.717) is 24.0 Å². The molecule has 0 bridgehead atoms. The number of hydrogen-bond donors (Lipinski definition) is 2. The van der Waals surface area contributed by atoms with Crippen LogP contribution in [0.5, 0.6) is 11.5 Å². The van der Waals surface area contributed by atoms with Crippen molar-refractivity contribution in [1.29, 1.82) is 0 Å². The number of benzene rings is 1. The van der Waals surface area contributed by atoms with E-state index in [1.54, 1.807) is 6.07 Å². The summed E-state index contributed by atoms with van der Waals surface area (Å²) < 4.78 is 37.6. The van der Waals surface area contributed by atoms with E-state index in [-0.39, 0.29) is 17.3 Å². The van der Waals surface area contributed by atoms with Gasteiger partial charge < -0.3 is 14.8 Å². The monoisotopic (exact) mass is 364 g/mol. The SMILES string of the molecule is COc1ccc(S(=O)(=O)NCCC2CCCNC2)cc1OC.Cl. The summed E-state index contributed by atoms with van der Waals surface area (Å²) in [5, 5.41) is 3.33. The summed E-state index contributed by atoms with van der Waals surface area (Å²) in [6, 6.07) is 4.59. The van der Waals surface area contributed by atoms with Gasteiger partial charge in [0.05, 0.1) is 19.1 Å². The second-order valence-electron chi connectivity index (χ2n) is 5.42. The lowest BCUT2D eigenvalue weighted by molar-refractivity contribution is 0.353. The Labute approximate surface area is 144 Å². The normalized spacial score (nSPS) is 18.1. The van der Waals surface area contributed by atoms with Gasteiger partial charge in [0.15, 0.2) is 11.5 Å². The minimum absolute atomic E-state index is 0. The summed E-state index contributed by atoms with van der Waals surface area (Å²) in [6.45, 7) is 2.48. The Kier molecular flexibility index (Phi) is 8.11. The molecule has 23 heavy (non-hydrogen) atoms. The Morgan fingerprint density at radius 2 is 2.00 bits per heavy atom. The largest absolute Gasteiger partial charge is 0.493 e. The fourth-order valence-electron chi connectivity index (χ4n) is 2.63. The first-order valence-electron chi connectivity index (χ1n) is 7.49. The minimum Gasteiger partial charge on any atom is -0.493 e. The van der Waals surface area contributed by atoms with Crippen molar-refractivity contribution in [2.24, 2.45) is 5.92 Å². The zero-order chi connectivity index (χ0) is 16.0. The van der Waals surface area contributed by atoms with Gasteiger partial charge in [0, 0.05) is 12.6 Å². The summed E-state index contributed by atoms with van der Waals surface area (Å²) in [5.41, 5.74) is 0. The molecule has 1 aliphatic heterocycles. The maximum absolute atomic E-state index is 12.3. The van der Waals surface area contributed by atoms with Gasteiger partial charge in [-0.2, -0.15) is 0 Å². The van der Waals surface area contributed by atoms with Gasteiger partial charge in [-0.15, -0.1) is 12.4 Å². The fourth-order valence-corrected chi connectivity index (χ4v) is 3.70. The molecule has 1 heterocycles. The molecule has 1 aromatic carbocycles. The van der Waals surface area contributed by atoms with Gasteiger partial charge in [-0.25, -0.2) is 13.1 Å². The van der Waals surface area contributed by atoms with Gasteiger partial charge in [-0.05, 0) is 50.4 Å². The number of nitrogens with one attached hydrogen (secondary N) is 2. The molecule has 0 aromatic heterocycles. The maximum Gasteiger partial charge on any atom is 0.240 e. The molecule has 1 unspecified atom stereocenters. The van der Waals surface area contributed by atoms with Crippen molar-refractivity contribution in [2.45, 2.75) is 24.2 Å². The van der Waals surface area contributed by atoms with Crippen molar-refractivity contribution in [3.05, 3.63) is 18.2 Å². The van der Waals surface area contributed by atoms with Crippen LogP contribution < -0.4 is 19.5 Å². The molecule has 2 N–H and O–H groups in total. The molecule has 0 spiro atoms. The van der Waals surface area contributed by atoms with Crippen LogP contribution in [-0.2, 0) is 10.0 Å². The lowest BCUT2D eigenvalue weighted by atomic mass is 9.96. The molecule has 2 rings (SSSR count). The van der Waals surface area contributed by atoms with Crippen LogP contribution in [0.15, 0.2) is 23.1 Å². The summed E-state index contributed by atoms with van der Waals surface area (Å²) in [6.07, 6.45) is 3.16. The van der Waals surface area contributed by atoms with E-state index < -0.39 is 10.0 Å². The van der Waals surface area contributed by atoms with E-state index >= 15 is 0 Å². The van der Waals surface area contributed by atoms with Gasteiger partial charge in [-0.1, -0.05) is 0 Å². The Morgan fingerprint density at radius 1 is 1.26 bits per heavy atom. The van der Waals surface area contributed by atoms with Crippen LogP contribution in [0.2, 0.25) is 0 Å². The highest BCUT2D eigenvalue weighted by Crippen LogP contribution is 2.29. The van der Waals surface area contributed by atoms with Crippen LogP contribution >= 0.6 is 12.4 Å². The lowest BCUT2D eigenvalue weighted by Gasteiger charge is -2.22. The second-order valence-corrected chi connectivity index (χ2v) is 7.18. The van der Waals surface area contributed by atoms with Gasteiger partial charge in [-0.3, -0.25) is 0 Å². The quantitative estimate of drug-likeness (QED) is 0.771. The van der Waals surface area contributed by atoms with Crippen LogP contribution in [0.1, 0.15) is 19.3 Å².